The number of anilines is 2. The maximum absolute atomic E-state index is 5.64. The molecule has 0 saturated heterocycles. The van der Waals surface area contributed by atoms with Crippen molar-refractivity contribution in [1.29, 1.82) is 0 Å². The average molecular weight is 282 g/mol. The molecule has 0 atom stereocenters. The summed E-state index contributed by atoms with van der Waals surface area (Å²) >= 11 is 0. The van der Waals surface area contributed by atoms with Gasteiger partial charge in [0.05, 0.1) is 17.6 Å². The van der Waals surface area contributed by atoms with E-state index in [1.54, 1.807) is 0 Å². The number of fused-ring (bicyclic) bond motifs is 1. The highest BCUT2D eigenvalue weighted by molar-refractivity contribution is 5.78. The van der Waals surface area contributed by atoms with Crippen LogP contribution in [0, 0.1) is 0 Å². The number of aryl methyl sites for hydroxylation is 1. The smallest absolute Gasteiger partial charge is 0.203 e. The highest BCUT2D eigenvalue weighted by Crippen LogP contribution is 2.17. The van der Waals surface area contributed by atoms with Crippen LogP contribution in [0.1, 0.15) is 0 Å². The number of nitrogens with one attached hydrogen (secondary N) is 1. The second kappa shape index (κ2) is 5.75. The van der Waals surface area contributed by atoms with Crippen molar-refractivity contribution in [2.24, 2.45) is 7.05 Å². The maximum Gasteiger partial charge on any atom is 0.203 e. The summed E-state index contributed by atoms with van der Waals surface area (Å²) in [6.07, 6.45) is 0. The molecule has 5 nitrogen and oxygen atoms in total. The van der Waals surface area contributed by atoms with Crippen LogP contribution in [0.25, 0.3) is 11.0 Å². The fraction of sp³-hybridized carbons (Fsp3) is 0.188. The Kier molecular flexibility index (Phi) is 3.64. The van der Waals surface area contributed by atoms with Gasteiger partial charge in [0, 0.05) is 12.7 Å². The summed E-state index contributed by atoms with van der Waals surface area (Å²) < 4.78 is 7.68. The van der Waals surface area contributed by atoms with E-state index in [1.807, 2.05) is 54.1 Å². The Labute approximate surface area is 123 Å². The minimum atomic E-state index is 0.563. The molecule has 108 valence electrons. The largest absolute Gasteiger partial charge is 0.492 e. The third-order valence-electron chi connectivity index (χ3n) is 3.32. The topological polar surface area (TPSA) is 65.1 Å². The fourth-order valence-corrected chi connectivity index (χ4v) is 2.20. The standard InChI is InChI=1S/C16H18N4O/c1-20-15-5-3-2-4-14(15)19-16(20)18-10-11-21-13-8-6-12(17)7-9-13/h2-9H,10-11,17H2,1H3,(H,18,19). The van der Waals surface area contributed by atoms with Gasteiger partial charge in [0.2, 0.25) is 5.95 Å². The molecule has 1 aromatic heterocycles. The summed E-state index contributed by atoms with van der Waals surface area (Å²) in [5.74, 6) is 1.66. The maximum atomic E-state index is 5.64. The number of aromatic nitrogens is 2. The van der Waals surface area contributed by atoms with Gasteiger partial charge in [0.15, 0.2) is 0 Å². The first-order valence-electron chi connectivity index (χ1n) is 6.88. The van der Waals surface area contributed by atoms with Gasteiger partial charge in [-0.1, -0.05) is 12.1 Å². The van der Waals surface area contributed by atoms with E-state index in [0.29, 0.717) is 13.2 Å². The van der Waals surface area contributed by atoms with Gasteiger partial charge in [-0.3, -0.25) is 0 Å². The molecule has 0 amide bonds. The Hall–Kier alpha value is -2.69. The van der Waals surface area contributed by atoms with Crippen molar-refractivity contribution < 1.29 is 4.74 Å². The van der Waals surface area contributed by atoms with E-state index in [0.717, 1.165) is 28.4 Å². The van der Waals surface area contributed by atoms with Crippen molar-refractivity contribution in [3.63, 3.8) is 0 Å². The summed E-state index contributed by atoms with van der Waals surface area (Å²) in [4.78, 5) is 4.55. The quantitative estimate of drug-likeness (QED) is 0.558. The van der Waals surface area contributed by atoms with Crippen molar-refractivity contribution in [3.8, 4) is 5.75 Å². The van der Waals surface area contributed by atoms with Crippen LogP contribution in [0.2, 0.25) is 0 Å². The van der Waals surface area contributed by atoms with Crippen molar-refractivity contribution in [3.05, 3.63) is 48.5 Å². The molecule has 0 unspecified atom stereocenters. The normalized spacial score (nSPS) is 10.7. The van der Waals surface area contributed by atoms with E-state index in [2.05, 4.69) is 16.4 Å². The molecule has 3 rings (SSSR count). The predicted molar refractivity (Wildman–Crippen MR) is 85.6 cm³/mol. The Bertz CT molecular complexity index is 734. The molecule has 0 fully saturated rings. The number of benzene rings is 2. The second-order valence-electron chi connectivity index (χ2n) is 4.83. The number of ether oxygens (including phenoxy) is 1. The molecular weight excluding hydrogens is 264 g/mol. The predicted octanol–water partition coefficient (Wildman–Crippen LogP) is 2.65. The summed E-state index contributed by atoms with van der Waals surface area (Å²) in [5.41, 5.74) is 8.47. The van der Waals surface area contributed by atoms with Crippen molar-refractivity contribution in [2.75, 3.05) is 24.2 Å². The number of nitrogen functional groups attached to an aromatic ring is 1. The monoisotopic (exact) mass is 282 g/mol. The van der Waals surface area contributed by atoms with Gasteiger partial charge in [-0.15, -0.1) is 0 Å². The van der Waals surface area contributed by atoms with Gasteiger partial charge in [-0.05, 0) is 36.4 Å². The van der Waals surface area contributed by atoms with Gasteiger partial charge in [0.1, 0.15) is 12.4 Å². The molecule has 0 saturated carbocycles. The molecule has 5 heteroatoms. The van der Waals surface area contributed by atoms with E-state index in [1.165, 1.54) is 0 Å². The average Bonchev–Trinajstić information content (AvgIpc) is 2.82. The van der Waals surface area contributed by atoms with Crippen LogP contribution in [0.3, 0.4) is 0 Å². The lowest BCUT2D eigenvalue weighted by Gasteiger charge is -2.08. The molecule has 3 N–H and O–H groups in total. The Balaban J connectivity index is 1.57. The zero-order valence-corrected chi connectivity index (χ0v) is 11.9. The molecular formula is C16H18N4O. The van der Waals surface area contributed by atoms with E-state index >= 15 is 0 Å². The molecule has 0 bridgehead atoms. The Morgan fingerprint density at radius 3 is 2.67 bits per heavy atom. The molecule has 0 spiro atoms. The van der Waals surface area contributed by atoms with Gasteiger partial charge in [-0.25, -0.2) is 4.98 Å². The van der Waals surface area contributed by atoms with E-state index < -0.39 is 0 Å². The van der Waals surface area contributed by atoms with Crippen LogP contribution in [0.4, 0.5) is 11.6 Å². The lowest BCUT2D eigenvalue weighted by Crippen LogP contribution is -2.14. The minimum absolute atomic E-state index is 0.563. The first kappa shape index (κ1) is 13.3. The van der Waals surface area contributed by atoms with Crippen LogP contribution in [0.15, 0.2) is 48.5 Å². The summed E-state index contributed by atoms with van der Waals surface area (Å²) in [7, 11) is 2.00. The van der Waals surface area contributed by atoms with Crippen LogP contribution < -0.4 is 15.8 Å². The third-order valence-corrected chi connectivity index (χ3v) is 3.32. The van der Waals surface area contributed by atoms with Gasteiger partial charge in [0.25, 0.3) is 0 Å². The number of nitrogens with two attached hydrogens (primary N) is 1. The fourth-order valence-electron chi connectivity index (χ4n) is 2.20. The van der Waals surface area contributed by atoms with E-state index in [9.17, 15) is 0 Å². The molecule has 2 aromatic carbocycles. The number of hydrogen-bond donors (Lipinski definition) is 2. The van der Waals surface area contributed by atoms with Crippen LogP contribution >= 0.6 is 0 Å². The molecule has 0 aliphatic heterocycles. The van der Waals surface area contributed by atoms with Crippen LogP contribution in [-0.4, -0.2) is 22.7 Å². The number of rotatable bonds is 5. The van der Waals surface area contributed by atoms with E-state index in [4.69, 9.17) is 10.5 Å². The van der Waals surface area contributed by atoms with Crippen molar-refractivity contribution in [2.45, 2.75) is 0 Å². The highest BCUT2D eigenvalue weighted by atomic mass is 16.5. The van der Waals surface area contributed by atoms with Crippen LogP contribution in [0.5, 0.6) is 5.75 Å². The third kappa shape index (κ3) is 2.91. The van der Waals surface area contributed by atoms with Gasteiger partial charge < -0.3 is 20.4 Å². The van der Waals surface area contributed by atoms with Crippen LogP contribution in [-0.2, 0) is 7.05 Å². The lowest BCUT2D eigenvalue weighted by molar-refractivity contribution is 0.332. The SMILES string of the molecule is Cn1c(NCCOc2ccc(N)cc2)nc2ccccc21. The summed E-state index contributed by atoms with van der Waals surface area (Å²) in [6.45, 7) is 1.24. The molecule has 21 heavy (non-hydrogen) atoms. The van der Waals surface area contributed by atoms with Crippen molar-refractivity contribution in [1.82, 2.24) is 9.55 Å². The first-order valence-corrected chi connectivity index (χ1v) is 6.88. The van der Waals surface area contributed by atoms with E-state index in [-0.39, 0.29) is 0 Å². The zero-order chi connectivity index (χ0) is 14.7. The Morgan fingerprint density at radius 1 is 1.14 bits per heavy atom. The Morgan fingerprint density at radius 2 is 1.90 bits per heavy atom. The number of imidazole rings is 1. The lowest BCUT2D eigenvalue weighted by atomic mass is 10.3. The highest BCUT2D eigenvalue weighted by Gasteiger charge is 2.05. The second-order valence-corrected chi connectivity index (χ2v) is 4.83. The van der Waals surface area contributed by atoms with Crippen molar-refractivity contribution >= 4 is 22.7 Å². The molecule has 3 aromatic rings. The minimum Gasteiger partial charge on any atom is -0.492 e. The number of nitrogens with zero attached hydrogens (tertiary/aromatic N) is 2. The molecule has 1 heterocycles. The zero-order valence-electron chi connectivity index (χ0n) is 11.9. The molecule has 0 aliphatic carbocycles. The van der Waals surface area contributed by atoms with Gasteiger partial charge >= 0.3 is 0 Å². The number of hydrogen-bond acceptors (Lipinski definition) is 4. The summed E-state index contributed by atoms with van der Waals surface area (Å²) in [5, 5.41) is 3.29. The molecule has 0 aliphatic rings. The molecule has 0 radical (unpaired) electrons. The number of para-hydroxylation sites is 2. The van der Waals surface area contributed by atoms with Gasteiger partial charge in [-0.2, -0.15) is 0 Å². The summed E-state index contributed by atoms with van der Waals surface area (Å²) in [6, 6.07) is 15.4. The first-order chi connectivity index (χ1) is 10.2.